The number of anilines is 1. The number of halogens is 2. The lowest BCUT2D eigenvalue weighted by Gasteiger charge is -2.13. The second-order valence-corrected chi connectivity index (χ2v) is 5.66. The molecule has 8 heteroatoms. The number of ether oxygens (including phenoxy) is 1. The fraction of sp³-hybridized carbons (Fsp3) is 0.455. The van der Waals surface area contributed by atoms with Gasteiger partial charge >= 0.3 is 0 Å². The molecule has 0 aliphatic rings. The van der Waals surface area contributed by atoms with Gasteiger partial charge in [0.25, 0.3) is 0 Å². The first-order valence-corrected chi connectivity index (χ1v) is 7.12. The van der Waals surface area contributed by atoms with Crippen molar-refractivity contribution < 1.29 is 21.9 Å². The van der Waals surface area contributed by atoms with Crippen molar-refractivity contribution in [2.45, 2.75) is 24.8 Å². The Balaban J connectivity index is 2.92. The maximum Gasteiger partial charge on any atom is 0.243 e. The molecular weight excluding hydrogens is 278 g/mol. The summed E-state index contributed by atoms with van der Waals surface area (Å²) < 4.78 is 57.4. The first kappa shape index (κ1) is 15.8. The lowest BCUT2D eigenvalue weighted by molar-refractivity contribution is 0.0799. The fourth-order valence-electron chi connectivity index (χ4n) is 1.40. The van der Waals surface area contributed by atoms with Crippen LogP contribution < -0.4 is 10.5 Å². The predicted molar refractivity (Wildman–Crippen MR) is 67.0 cm³/mol. The van der Waals surface area contributed by atoms with Gasteiger partial charge in [-0.2, -0.15) is 0 Å². The van der Waals surface area contributed by atoms with E-state index in [-0.39, 0.29) is 12.6 Å². The summed E-state index contributed by atoms with van der Waals surface area (Å²) in [6, 6.07) is 1.19. The summed E-state index contributed by atoms with van der Waals surface area (Å²) in [5, 5.41) is 0. The highest BCUT2D eigenvalue weighted by Crippen LogP contribution is 2.20. The summed E-state index contributed by atoms with van der Waals surface area (Å²) in [6.07, 6.45) is -0.361. The largest absolute Gasteiger partial charge is 0.396 e. The van der Waals surface area contributed by atoms with Gasteiger partial charge in [-0.15, -0.1) is 0 Å². The summed E-state index contributed by atoms with van der Waals surface area (Å²) in [4.78, 5) is -0.685. The monoisotopic (exact) mass is 294 g/mol. The molecule has 0 amide bonds. The van der Waals surface area contributed by atoms with Crippen LogP contribution in [0.4, 0.5) is 14.5 Å². The lowest BCUT2D eigenvalue weighted by atomic mass is 10.3. The maximum atomic E-state index is 13.5. The maximum absolute atomic E-state index is 13.5. The van der Waals surface area contributed by atoms with Crippen LogP contribution in [-0.4, -0.2) is 27.7 Å². The van der Waals surface area contributed by atoms with E-state index in [0.29, 0.717) is 12.7 Å². The highest BCUT2D eigenvalue weighted by atomic mass is 32.2. The molecule has 0 saturated heterocycles. The van der Waals surface area contributed by atoms with E-state index >= 15 is 0 Å². The number of hydrogen-bond donors (Lipinski definition) is 2. The SMILES string of the molecule is CCOC(C)CNS(=O)(=O)c1cc(N)c(F)cc1F. The molecule has 0 aliphatic heterocycles. The highest BCUT2D eigenvalue weighted by Gasteiger charge is 2.21. The second-order valence-electron chi connectivity index (χ2n) is 3.92. The van der Waals surface area contributed by atoms with Crippen LogP contribution in [0, 0.1) is 11.6 Å². The third kappa shape index (κ3) is 4.12. The van der Waals surface area contributed by atoms with Crippen molar-refractivity contribution in [3.63, 3.8) is 0 Å². The van der Waals surface area contributed by atoms with Crippen LogP contribution in [0.2, 0.25) is 0 Å². The lowest BCUT2D eigenvalue weighted by Crippen LogP contribution is -2.32. The average Bonchev–Trinajstić information content (AvgIpc) is 2.31. The molecule has 1 aromatic rings. The van der Waals surface area contributed by atoms with Gasteiger partial charge in [-0.05, 0) is 19.9 Å². The number of sulfonamides is 1. The normalized spacial score (nSPS) is 13.5. The van der Waals surface area contributed by atoms with Crippen LogP contribution in [0.3, 0.4) is 0 Å². The quantitative estimate of drug-likeness (QED) is 0.774. The molecule has 19 heavy (non-hydrogen) atoms. The van der Waals surface area contributed by atoms with Gasteiger partial charge in [0.1, 0.15) is 16.5 Å². The molecular formula is C11H16F2N2O3S. The number of benzene rings is 1. The zero-order valence-electron chi connectivity index (χ0n) is 10.6. The summed E-state index contributed by atoms with van der Waals surface area (Å²) >= 11 is 0. The van der Waals surface area contributed by atoms with Gasteiger partial charge in [0, 0.05) is 19.2 Å². The summed E-state index contributed by atoms with van der Waals surface area (Å²) in [5.74, 6) is -2.19. The molecule has 0 saturated carbocycles. The minimum atomic E-state index is -4.10. The van der Waals surface area contributed by atoms with Crippen LogP contribution in [0.25, 0.3) is 0 Å². The van der Waals surface area contributed by atoms with E-state index in [1.54, 1.807) is 13.8 Å². The molecule has 1 aromatic carbocycles. The first-order valence-electron chi connectivity index (χ1n) is 5.63. The number of nitrogens with one attached hydrogen (secondary N) is 1. The number of rotatable bonds is 6. The Morgan fingerprint density at radius 3 is 2.58 bits per heavy atom. The Morgan fingerprint density at radius 2 is 2.00 bits per heavy atom. The summed E-state index contributed by atoms with van der Waals surface area (Å²) in [5.41, 5.74) is 4.80. The molecule has 1 atom stereocenters. The van der Waals surface area contributed by atoms with E-state index in [0.717, 1.165) is 6.07 Å². The van der Waals surface area contributed by atoms with Crippen LogP contribution in [-0.2, 0) is 14.8 Å². The van der Waals surface area contributed by atoms with Gasteiger partial charge in [0.05, 0.1) is 11.8 Å². The van der Waals surface area contributed by atoms with E-state index in [1.807, 2.05) is 0 Å². The predicted octanol–water partition coefficient (Wildman–Crippen LogP) is 1.25. The summed E-state index contributed by atoms with van der Waals surface area (Å²) in [6.45, 7) is 3.85. The first-order chi connectivity index (χ1) is 8.77. The number of nitrogen functional groups attached to an aromatic ring is 1. The van der Waals surface area contributed by atoms with E-state index in [4.69, 9.17) is 10.5 Å². The molecule has 0 radical (unpaired) electrons. The Labute approximate surface area is 110 Å². The Kier molecular flexibility index (Phi) is 5.21. The molecule has 1 rings (SSSR count). The van der Waals surface area contributed by atoms with Crippen molar-refractivity contribution >= 4 is 15.7 Å². The Hall–Kier alpha value is -1.25. The smallest absolute Gasteiger partial charge is 0.243 e. The fourth-order valence-corrected chi connectivity index (χ4v) is 2.61. The van der Waals surface area contributed by atoms with E-state index in [9.17, 15) is 17.2 Å². The molecule has 0 heterocycles. The number of nitrogens with two attached hydrogens (primary N) is 1. The van der Waals surface area contributed by atoms with Crippen LogP contribution in [0.5, 0.6) is 0 Å². The molecule has 0 bridgehead atoms. The third-order valence-electron chi connectivity index (χ3n) is 2.35. The standard InChI is InChI=1S/C11H16F2N2O3S/c1-3-18-7(2)6-15-19(16,17)11-5-10(14)8(12)4-9(11)13/h4-5,7,15H,3,6,14H2,1-2H3. The van der Waals surface area contributed by atoms with E-state index in [2.05, 4.69) is 4.72 Å². The van der Waals surface area contributed by atoms with Gasteiger partial charge in [-0.1, -0.05) is 0 Å². The van der Waals surface area contributed by atoms with Crippen LogP contribution in [0.15, 0.2) is 17.0 Å². The molecule has 5 nitrogen and oxygen atoms in total. The highest BCUT2D eigenvalue weighted by molar-refractivity contribution is 7.89. The molecule has 0 fully saturated rings. The van der Waals surface area contributed by atoms with Crippen molar-refractivity contribution in [3.05, 3.63) is 23.8 Å². The third-order valence-corrected chi connectivity index (χ3v) is 3.79. The topological polar surface area (TPSA) is 81.4 Å². The molecule has 108 valence electrons. The van der Waals surface area contributed by atoms with Gasteiger partial charge in [0.2, 0.25) is 10.0 Å². The second kappa shape index (κ2) is 6.27. The van der Waals surface area contributed by atoms with E-state index < -0.39 is 32.2 Å². The molecule has 0 aromatic heterocycles. The van der Waals surface area contributed by atoms with Gasteiger partial charge in [0.15, 0.2) is 0 Å². The van der Waals surface area contributed by atoms with Gasteiger partial charge in [-0.25, -0.2) is 21.9 Å². The van der Waals surface area contributed by atoms with Crippen molar-refractivity contribution in [2.75, 3.05) is 18.9 Å². The van der Waals surface area contributed by atoms with Gasteiger partial charge in [-0.3, -0.25) is 0 Å². The zero-order valence-corrected chi connectivity index (χ0v) is 11.4. The van der Waals surface area contributed by atoms with Crippen molar-refractivity contribution in [1.82, 2.24) is 4.72 Å². The molecule has 0 aliphatic carbocycles. The minimum Gasteiger partial charge on any atom is -0.396 e. The molecule has 0 spiro atoms. The van der Waals surface area contributed by atoms with E-state index in [1.165, 1.54) is 0 Å². The average molecular weight is 294 g/mol. The minimum absolute atomic E-state index is 0.0209. The summed E-state index contributed by atoms with van der Waals surface area (Å²) in [7, 11) is -4.10. The number of hydrogen-bond acceptors (Lipinski definition) is 4. The molecule has 3 N–H and O–H groups in total. The van der Waals surface area contributed by atoms with Crippen molar-refractivity contribution in [1.29, 1.82) is 0 Å². The van der Waals surface area contributed by atoms with Crippen LogP contribution in [0.1, 0.15) is 13.8 Å². The Morgan fingerprint density at radius 1 is 1.37 bits per heavy atom. The van der Waals surface area contributed by atoms with Crippen molar-refractivity contribution in [2.24, 2.45) is 0 Å². The zero-order chi connectivity index (χ0) is 14.6. The van der Waals surface area contributed by atoms with Crippen LogP contribution >= 0.6 is 0 Å². The Bertz CT molecular complexity index is 549. The van der Waals surface area contributed by atoms with Crippen molar-refractivity contribution in [3.8, 4) is 0 Å². The van der Waals surface area contributed by atoms with Gasteiger partial charge < -0.3 is 10.5 Å². The molecule has 1 unspecified atom stereocenters.